The van der Waals surface area contributed by atoms with E-state index in [0.29, 0.717) is 23.5 Å². The van der Waals surface area contributed by atoms with E-state index in [1.54, 1.807) is 0 Å². The summed E-state index contributed by atoms with van der Waals surface area (Å²) in [6.45, 7) is 2.01. The van der Waals surface area contributed by atoms with Crippen molar-refractivity contribution in [2.45, 2.75) is 57.5 Å². The number of hydrogen-bond acceptors (Lipinski definition) is 3. The first-order chi connectivity index (χ1) is 11.5. The van der Waals surface area contributed by atoms with Crippen LogP contribution in [0, 0.1) is 17.3 Å². The molecular formula is C20H26O4. The third-order valence-corrected chi connectivity index (χ3v) is 7.01. The molecule has 0 amide bonds. The van der Waals surface area contributed by atoms with Gasteiger partial charge in [0, 0.05) is 0 Å². The maximum absolute atomic E-state index is 10.7. The molecule has 1 aromatic carbocycles. The lowest BCUT2D eigenvalue weighted by atomic mass is 9.55. The number of aliphatic hydroxyl groups is 1. The lowest BCUT2D eigenvalue weighted by Crippen LogP contribution is -2.43. The summed E-state index contributed by atoms with van der Waals surface area (Å²) in [6.07, 6.45) is 6.45. The third kappa shape index (κ3) is 2.43. The van der Waals surface area contributed by atoms with E-state index < -0.39 is 5.97 Å². The highest BCUT2D eigenvalue weighted by Crippen LogP contribution is 2.60. The summed E-state index contributed by atoms with van der Waals surface area (Å²) in [4.78, 5) is 10.7. The summed E-state index contributed by atoms with van der Waals surface area (Å²) in [5.74, 6) is 1.62. The molecule has 2 N–H and O–H groups in total. The van der Waals surface area contributed by atoms with Gasteiger partial charge in [0.1, 0.15) is 5.75 Å². The predicted octanol–water partition coefficient (Wildman–Crippen LogP) is 3.37. The zero-order valence-electron chi connectivity index (χ0n) is 14.2. The Morgan fingerprint density at radius 3 is 2.92 bits per heavy atom. The average Bonchev–Trinajstić information content (AvgIpc) is 2.88. The van der Waals surface area contributed by atoms with Crippen molar-refractivity contribution in [3.8, 4) is 5.75 Å². The van der Waals surface area contributed by atoms with Crippen molar-refractivity contribution in [2.24, 2.45) is 17.3 Å². The monoisotopic (exact) mass is 330 g/mol. The minimum Gasteiger partial charge on any atom is -0.482 e. The van der Waals surface area contributed by atoms with Gasteiger partial charge in [0.05, 0.1) is 6.10 Å². The smallest absolute Gasteiger partial charge is 0.341 e. The number of rotatable bonds is 3. The van der Waals surface area contributed by atoms with Crippen LogP contribution in [0.1, 0.15) is 56.1 Å². The summed E-state index contributed by atoms with van der Waals surface area (Å²) in [6, 6.07) is 6.10. The van der Waals surface area contributed by atoms with Gasteiger partial charge in [0.25, 0.3) is 0 Å². The van der Waals surface area contributed by atoms with Crippen LogP contribution in [-0.4, -0.2) is 28.9 Å². The van der Waals surface area contributed by atoms with E-state index in [-0.39, 0.29) is 18.1 Å². The molecule has 3 aliphatic carbocycles. The number of benzene rings is 1. The highest BCUT2D eigenvalue weighted by molar-refractivity contribution is 5.68. The van der Waals surface area contributed by atoms with Crippen molar-refractivity contribution in [3.63, 3.8) is 0 Å². The Kier molecular flexibility index (Phi) is 3.83. The maximum Gasteiger partial charge on any atom is 0.341 e. The second-order valence-electron chi connectivity index (χ2n) is 8.10. The number of aryl methyl sites for hydroxylation is 1. The average molecular weight is 330 g/mol. The molecule has 5 atom stereocenters. The normalized spacial score (nSPS) is 37.2. The molecule has 0 aliphatic heterocycles. The topological polar surface area (TPSA) is 66.8 Å². The lowest BCUT2D eigenvalue weighted by molar-refractivity contribution is -0.139. The minimum atomic E-state index is -0.945. The van der Waals surface area contributed by atoms with Gasteiger partial charge in [0.2, 0.25) is 0 Å². The molecule has 2 saturated carbocycles. The number of carboxylic acid groups (broad SMARTS) is 1. The fourth-order valence-corrected chi connectivity index (χ4v) is 5.77. The van der Waals surface area contributed by atoms with Gasteiger partial charge in [-0.1, -0.05) is 13.0 Å². The number of aliphatic carboxylic acids is 1. The van der Waals surface area contributed by atoms with Crippen molar-refractivity contribution in [2.75, 3.05) is 6.61 Å². The summed E-state index contributed by atoms with van der Waals surface area (Å²) in [5, 5.41) is 19.2. The van der Waals surface area contributed by atoms with Crippen LogP contribution in [0.5, 0.6) is 5.75 Å². The van der Waals surface area contributed by atoms with Gasteiger partial charge < -0.3 is 14.9 Å². The summed E-state index contributed by atoms with van der Waals surface area (Å²) in [7, 11) is 0. The molecule has 0 radical (unpaired) electrons. The highest BCUT2D eigenvalue weighted by atomic mass is 16.5. The van der Waals surface area contributed by atoms with Gasteiger partial charge in [-0.05, 0) is 85.0 Å². The zero-order chi connectivity index (χ0) is 16.9. The first-order valence-electron chi connectivity index (χ1n) is 9.14. The van der Waals surface area contributed by atoms with Crippen LogP contribution in [0.25, 0.3) is 0 Å². The number of carboxylic acids is 1. The fraction of sp³-hybridized carbons (Fsp3) is 0.650. The van der Waals surface area contributed by atoms with E-state index in [0.717, 1.165) is 32.1 Å². The Morgan fingerprint density at radius 1 is 1.29 bits per heavy atom. The zero-order valence-corrected chi connectivity index (χ0v) is 14.2. The predicted molar refractivity (Wildman–Crippen MR) is 90.2 cm³/mol. The molecule has 5 unspecified atom stereocenters. The van der Waals surface area contributed by atoms with E-state index in [9.17, 15) is 9.90 Å². The molecule has 0 aromatic heterocycles. The van der Waals surface area contributed by atoms with E-state index in [1.807, 2.05) is 12.1 Å². The van der Waals surface area contributed by atoms with Crippen molar-refractivity contribution < 1.29 is 19.7 Å². The van der Waals surface area contributed by atoms with Gasteiger partial charge in [-0.2, -0.15) is 0 Å². The fourth-order valence-electron chi connectivity index (χ4n) is 5.77. The van der Waals surface area contributed by atoms with E-state index in [2.05, 4.69) is 13.0 Å². The molecule has 130 valence electrons. The highest BCUT2D eigenvalue weighted by Gasteiger charge is 2.54. The number of carbonyl (C=O) groups is 1. The van der Waals surface area contributed by atoms with Crippen LogP contribution < -0.4 is 4.74 Å². The third-order valence-electron chi connectivity index (χ3n) is 7.01. The Hall–Kier alpha value is -1.55. The van der Waals surface area contributed by atoms with Crippen molar-refractivity contribution >= 4 is 5.97 Å². The van der Waals surface area contributed by atoms with Crippen LogP contribution in [0.15, 0.2) is 18.2 Å². The van der Waals surface area contributed by atoms with Crippen LogP contribution in [-0.2, 0) is 11.2 Å². The number of fused-ring (bicyclic) bond motifs is 5. The standard InChI is InChI=1S/C20H26O4/c1-20-9-8-15-14-5-3-13(24-11-19(22)23)10-12(14)2-4-16(15)17(20)6-7-18(20)21/h3,5,10,15-18,21H,2,4,6-9,11H2,1H3,(H,22,23). The lowest BCUT2D eigenvalue weighted by Gasteiger charge is -2.50. The Bertz CT molecular complexity index is 655. The molecule has 0 heterocycles. The number of hydrogen-bond donors (Lipinski definition) is 2. The summed E-state index contributed by atoms with van der Waals surface area (Å²) in [5.41, 5.74) is 2.86. The van der Waals surface area contributed by atoms with Gasteiger partial charge in [-0.25, -0.2) is 4.79 Å². The molecule has 0 spiro atoms. The summed E-state index contributed by atoms with van der Waals surface area (Å²) < 4.78 is 5.34. The van der Waals surface area contributed by atoms with Gasteiger partial charge in [0.15, 0.2) is 6.61 Å². The molecule has 2 fully saturated rings. The van der Waals surface area contributed by atoms with Crippen LogP contribution in [0.2, 0.25) is 0 Å². The molecule has 4 rings (SSSR count). The van der Waals surface area contributed by atoms with Crippen LogP contribution >= 0.6 is 0 Å². The largest absolute Gasteiger partial charge is 0.482 e. The second kappa shape index (κ2) is 5.76. The van der Waals surface area contributed by atoms with Gasteiger partial charge in [-0.3, -0.25) is 0 Å². The van der Waals surface area contributed by atoms with Crippen molar-refractivity contribution in [3.05, 3.63) is 29.3 Å². The van der Waals surface area contributed by atoms with Crippen LogP contribution in [0.3, 0.4) is 0 Å². The van der Waals surface area contributed by atoms with Crippen molar-refractivity contribution in [1.29, 1.82) is 0 Å². The molecule has 1 aromatic rings. The Morgan fingerprint density at radius 2 is 2.12 bits per heavy atom. The van der Waals surface area contributed by atoms with Gasteiger partial charge in [-0.15, -0.1) is 0 Å². The van der Waals surface area contributed by atoms with Gasteiger partial charge >= 0.3 is 5.97 Å². The molecule has 0 bridgehead atoms. The maximum atomic E-state index is 10.7. The van der Waals surface area contributed by atoms with Crippen LogP contribution in [0.4, 0.5) is 0 Å². The first kappa shape index (κ1) is 15.9. The second-order valence-corrected chi connectivity index (χ2v) is 8.10. The molecule has 24 heavy (non-hydrogen) atoms. The van der Waals surface area contributed by atoms with Crippen molar-refractivity contribution in [1.82, 2.24) is 0 Å². The Labute approximate surface area is 142 Å². The first-order valence-corrected chi connectivity index (χ1v) is 9.14. The SMILES string of the molecule is CC12CCC3c4ccc(OCC(=O)O)cc4CCC3C1CCC2O. The molecule has 4 nitrogen and oxygen atoms in total. The van der Waals surface area contributed by atoms with E-state index in [1.165, 1.54) is 17.5 Å². The molecule has 3 aliphatic rings. The molecule has 4 heteroatoms. The quantitative estimate of drug-likeness (QED) is 0.892. The Balaban J connectivity index is 1.58. The van der Waals surface area contributed by atoms with E-state index >= 15 is 0 Å². The molecular weight excluding hydrogens is 304 g/mol. The molecule has 0 saturated heterocycles. The number of aliphatic hydroxyl groups excluding tert-OH is 1. The minimum absolute atomic E-state index is 0.114. The van der Waals surface area contributed by atoms with E-state index in [4.69, 9.17) is 9.84 Å². The summed E-state index contributed by atoms with van der Waals surface area (Å²) >= 11 is 0. The number of ether oxygens (including phenoxy) is 1.